The van der Waals surface area contributed by atoms with Crippen LogP contribution in [-0.2, 0) is 0 Å². The molecule has 0 unspecified atom stereocenters. The predicted molar refractivity (Wildman–Crippen MR) is 89.9 cm³/mol. The maximum Gasteiger partial charge on any atom is 0.124 e. The number of rotatable bonds is 4. The fraction of sp³-hybridized carbons (Fsp3) is 0.316. The highest BCUT2D eigenvalue weighted by molar-refractivity contribution is 5.86. The van der Waals surface area contributed by atoms with Crippen LogP contribution in [0.15, 0.2) is 41.4 Å². The summed E-state index contributed by atoms with van der Waals surface area (Å²) in [4.78, 5) is 4.57. The summed E-state index contributed by atoms with van der Waals surface area (Å²) >= 11 is 0. The minimum Gasteiger partial charge on any atom is -0.507 e. The summed E-state index contributed by atoms with van der Waals surface area (Å²) in [6.07, 6.45) is 1.53. The minimum atomic E-state index is -0.388. The van der Waals surface area contributed by atoms with Crippen LogP contribution >= 0.6 is 0 Å². The number of benzene rings is 2. The Labute approximate surface area is 131 Å². The molecule has 2 nitrogen and oxygen atoms in total. The number of aromatic hydroxyl groups is 1. The van der Waals surface area contributed by atoms with Crippen LogP contribution in [0.4, 0.5) is 10.1 Å². The number of para-hydroxylation sites is 1. The zero-order chi connectivity index (χ0) is 16.3. The number of nitrogens with zero attached hydrogens (tertiary/aromatic N) is 1. The summed E-state index contributed by atoms with van der Waals surface area (Å²) < 4.78 is 13.3. The van der Waals surface area contributed by atoms with Crippen molar-refractivity contribution in [1.82, 2.24) is 0 Å². The Kier molecular flexibility index (Phi) is 4.96. The van der Waals surface area contributed by atoms with E-state index in [-0.39, 0.29) is 11.6 Å². The third kappa shape index (κ3) is 3.53. The molecule has 0 heterocycles. The molecule has 0 atom stereocenters. The van der Waals surface area contributed by atoms with Crippen molar-refractivity contribution < 1.29 is 9.50 Å². The van der Waals surface area contributed by atoms with Gasteiger partial charge in [-0.05, 0) is 41.2 Å². The zero-order valence-corrected chi connectivity index (χ0v) is 13.5. The van der Waals surface area contributed by atoms with Gasteiger partial charge in [-0.2, -0.15) is 0 Å². The van der Waals surface area contributed by atoms with E-state index in [0.29, 0.717) is 17.4 Å². The van der Waals surface area contributed by atoms with Crippen molar-refractivity contribution >= 4 is 11.9 Å². The van der Waals surface area contributed by atoms with Gasteiger partial charge < -0.3 is 5.11 Å². The number of phenols is 1. The number of aliphatic imine (C=N–C) groups is 1. The fourth-order valence-corrected chi connectivity index (χ4v) is 2.42. The molecule has 0 spiro atoms. The van der Waals surface area contributed by atoms with Crippen molar-refractivity contribution in [2.75, 3.05) is 0 Å². The van der Waals surface area contributed by atoms with E-state index in [4.69, 9.17) is 0 Å². The van der Waals surface area contributed by atoms with Crippen LogP contribution in [0.5, 0.6) is 5.75 Å². The Morgan fingerprint density at radius 1 is 1.00 bits per heavy atom. The lowest BCUT2D eigenvalue weighted by Crippen LogP contribution is -1.96. The van der Waals surface area contributed by atoms with Crippen LogP contribution in [0.1, 0.15) is 56.2 Å². The van der Waals surface area contributed by atoms with E-state index in [1.165, 1.54) is 24.4 Å². The molecule has 2 rings (SSSR count). The number of hydrogen-bond acceptors (Lipinski definition) is 2. The molecular weight excluding hydrogens is 277 g/mol. The van der Waals surface area contributed by atoms with Gasteiger partial charge in [-0.25, -0.2) is 4.39 Å². The highest BCUT2D eigenvalue weighted by Crippen LogP contribution is 2.34. The SMILES string of the molecule is CC(C)c1cccc(C(C)C)c1/N=C/c1cc(F)ccc1O. The second kappa shape index (κ2) is 6.73. The van der Waals surface area contributed by atoms with E-state index in [9.17, 15) is 9.50 Å². The van der Waals surface area contributed by atoms with Crippen molar-refractivity contribution in [3.05, 3.63) is 58.9 Å². The molecule has 0 saturated heterocycles. The molecule has 3 heteroatoms. The smallest absolute Gasteiger partial charge is 0.124 e. The van der Waals surface area contributed by atoms with Crippen molar-refractivity contribution in [1.29, 1.82) is 0 Å². The predicted octanol–water partition coefficient (Wildman–Crippen LogP) is 5.53. The molecule has 0 aliphatic heterocycles. The molecule has 0 fully saturated rings. The lowest BCUT2D eigenvalue weighted by atomic mass is 9.93. The molecule has 2 aromatic rings. The largest absolute Gasteiger partial charge is 0.507 e. The Bertz CT molecular complexity index is 664. The number of phenolic OH excluding ortho intramolecular Hbond substituents is 1. The van der Waals surface area contributed by atoms with Gasteiger partial charge in [0.15, 0.2) is 0 Å². The molecule has 0 amide bonds. The standard InChI is InChI=1S/C19H22FNO/c1-12(2)16-6-5-7-17(13(3)4)19(16)21-11-14-10-15(20)8-9-18(14)22/h5-13,22H,1-4H3/b21-11+. The first-order valence-corrected chi connectivity index (χ1v) is 7.55. The molecule has 2 aromatic carbocycles. The average Bonchev–Trinajstić information content (AvgIpc) is 2.47. The lowest BCUT2D eigenvalue weighted by Gasteiger charge is -2.16. The van der Waals surface area contributed by atoms with Gasteiger partial charge in [-0.1, -0.05) is 45.9 Å². The van der Waals surface area contributed by atoms with Crippen LogP contribution in [-0.4, -0.2) is 11.3 Å². The Balaban J connectivity index is 2.51. The van der Waals surface area contributed by atoms with Crippen LogP contribution in [0, 0.1) is 5.82 Å². The summed E-state index contributed by atoms with van der Waals surface area (Å²) in [5.74, 6) is 0.317. The van der Waals surface area contributed by atoms with E-state index in [1.54, 1.807) is 0 Å². The summed E-state index contributed by atoms with van der Waals surface area (Å²) in [6, 6.07) is 10.0. The minimum absolute atomic E-state index is 0.0262. The molecule has 0 aliphatic rings. The quantitative estimate of drug-likeness (QED) is 0.740. The first-order valence-electron chi connectivity index (χ1n) is 7.55. The van der Waals surface area contributed by atoms with Crippen molar-refractivity contribution in [3.8, 4) is 5.75 Å². The van der Waals surface area contributed by atoms with E-state index in [2.05, 4.69) is 44.8 Å². The van der Waals surface area contributed by atoms with Crippen LogP contribution in [0.3, 0.4) is 0 Å². The average molecular weight is 299 g/mol. The van der Waals surface area contributed by atoms with Gasteiger partial charge in [0.2, 0.25) is 0 Å². The molecule has 0 bridgehead atoms. The monoisotopic (exact) mass is 299 g/mol. The summed E-state index contributed by atoms with van der Waals surface area (Å²) in [6.45, 7) is 8.49. The Morgan fingerprint density at radius 3 is 2.14 bits per heavy atom. The third-order valence-corrected chi connectivity index (χ3v) is 3.66. The van der Waals surface area contributed by atoms with Gasteiger partial charge in [0, 0.05) is 11.8 Å². The highest BCUT2D eigenvalue weighted by atomic mass is 19.1. The van der Waals surface area contributed by atoms with Crippen molar-refractivity contribution in [2.24, 2.45) is 4.99 Å². The summed E-state index contributed by atoms with van der Waals surface area (Å²) in [5.41, 5.74) is 3.60. The first kappa shape index (κ1) is 16.2. The van der Waals surface area contributed by atoms with Crippen molar-refractivity contribution in [2.45, 2.75) is 39.5 Å². The maximum absolute atomic E-state index is 13.3. The molecule has 22 heavy (non-hydrogen) atoms. The second-order valence-electron chi connectivity index (χ2n) is 6.06. The summed E-state index contributed by atoms with van der Waals surface area (Å²) in [5, 5.41) is 9.81. The molecule has 0 saturated carbocycles. The Hall–Kier alpha value is -2.16. The van der Waals surface area contributed by atoms with Gasteiger partial charge in [0.1, 0.15) is 11.6 Å². The highest BCUT2D eigenvalue weighted by Gasteiger charge is 2.12. The number of hydrogen-bond donors (Lipinski definition) is 1. The zero-order valence-electron chi connectivity index (χ0n) is 13.5. The topological polar surface area (TPSA) is 32.6 Å². The molecular formula is C19H22FNO. The van der Waals surface area contributed by atoms with E-state index in [0.717, 1.165) is 16.8 Å². The van der Waals surface area contributed by atoms with Gasteiger partial charge in [0.25, 0.3) is 0 Å². The molecule has 1 N–H and O–H groups in total. The van der Waals surface area contributed by atoms with Crippen LogP contribution < -0.4 is 0 Å². The summed E-state index contributed by atoms with van der Waals surface area (Å²) in [7, 11) is 0. The van der Waals surface area contributed by atoms with Gasteiger partial charge in [-0.15, -0.1) is 0 Å². The second-order valence-corrected chi connectivity index (χ2v) is 6.06. The van der Waals surface area contributed by atoms with E-state index in [1.807, 2.05) is 6.07 Å². The maximum atomic E-state index is 13.3. The lowest BCUT2D eigenvalue weighted by molar-refractivity contribution is 0.472. The molecule has 0 radical (unpaired) electrons. The van der Waals surface area contributed by atoms with Crippen LogP contribution in [0.2, 0.25) is 0 Å². The van der Waals surface area contributed by atoms with E-state index < -0.39 is 0 Å². The normalized spacial score (nSPS) is 11.8. The molecule has 0 aromatic heterocycles. The van der Waals surface area contributed by atoms with Gasteiger partial charge in [-0.3, -0.25) is 4.99 Å². The van der Waals surface area contributed by atoms with Gasteiger partial charge in [0.05, 0.1) is 5.69 Å². The number of halogens is 1. The molecule has 0 aliphatic carbocycles. The third-order valence-electron chi connectivity index (χ3n) is 3.66. The van der Waals surface area contributed by atoms with Crippen LogP contribution in [0.25, 0.3) is 0 Å². The van der Waals surface area contributed by atoms with E-state index >= 15 is 0 Å². The molecule has 116 valence electrons. The Morgan fingerprint density at radius 2 is 1.59 bits per heavy atom. The fourth-order valence-electron chi connectivity index (χ4n) is 2.42. The first-order chi connectivity index (χ1) is 10.4. The van der Waals surface area contributed by atoms with Gasteiger partial charge >= 0.3 is 0 Å². The van der Waals surface area contributed by atoms with Crippen molar-refractivity contribution in [3.63, 3.8) is 0 Å².